The van der Waals surface area contributed by atoms with Crippen molar-refractivity contribution in [2.24, 2.45) is 4.99 Å². The zero-order chi connectivity index (χ0) is 21.3. The maximum Gasteiger partial charge on any atom is 0.161 e. The molecule has 4 nitrogen and oxygen atoms in total. The van der Waals surface area contributed by atoms with E-state index in [2.05, 4.69) is 0 Å². The quantitative estimate of drug-likeness (QED) is 0.321. The van der Waals surface area contributed by atoms with E-state index >= 15 is 0 Å². The molecular formula is C23H16Cl3NO3. The second-order valence-corrected chi connectivity index (χ2v) is 7.75. The molecule has 0 saturated carbocycles. The lowest BCUT2D eigenvalue weighted by Crippen LogP contribution is -2.03. The molecule has 4 aromatic rings. The van der Waals surface area contributed by atoms with Gasteiger partial charge in [0.25, 0.3) is 0 Å². The second kappa shape index (κ2) is 8.60. The minimum atomic E-state index is 0.504. The topological polar surface area (TPSA) is 44.0 Å². The van der Waals surface area contributed by atoms with Crippen LogP contribution in [0.4, 0.5) is 5.69 Å². The molecule has 0 bridgehead atoms. The van der Waals surface area contributed by atoms with Crippen LogP contribution in [0.25, 0.3) is 22.3 Å². The molecule has 30 heavy (non-hydrogen) atoms. The number of nitrogens with zero attached hydrogens (tertiary/aromatic N) is 1. The first-order valence-corrected chi connectivity index (χ1v) is 10.1. The molecule has 1 heterocycles. The van der Waals surface area contributed by atoms with E-state index in [1.807, 2.05) is 36.4 Å². The van der Waals surface area contributed by atoms with Gasteiger partial charge < -0.3 is 13.9 Å². The molecule has 0 aliphatic heterocycles. The van der Waals surface area contributed by atoms with Crippen molar-refractivity contribution >= 4 is 51.5 Å². The van der Waals surface area contributed by atoms with Crippen LogP contribution in [-0.2, 0) is 0 Å². The number of methoxy groups -OCH3 is 2. The largest absolute Gasteiger partial charge is 0.493 e. The molecule has 0 unspecified atom stereocenters. The highest BCUT2D eigenvalue weighted by molar-refractivity contribution is 6.35. The van der Waals surface area contributed by atoms with Crippen molar-refractivity contribution in [3.8, 4) is 22.8 Å². The minimum Gasteiger partial charge on any atom is -0.493 e. The maximum atomic E-state index is 6.22. The lowest BCUT2D eigenvalue weighted by Gasteiger charge is -2.10. The van der Waals surface area contributed by atoms with Gasteiger partial charge in [-0.15, -0.1) is 0 Å². The summed E-state index contributed by atoms with van der Waals surface area (Å²) >= 11 is 18.5. The molecule has 0 aliphatic carbocycles. The lowest BCUT2D eigenvalue weighted by molar-refractivity contribution is 0.355. The molecule has 0 fully saturated rings. The molecule has 0 N–H and O–H groups in total. The molecule has 0 amide bonds. The normalized spacial score (nSPS) is 11.7. The molecule has 0 spiro atoms. The molecule has 3 aromatic carbocycles. The van der Waals surface area contributed by atoms with Crippen LogP contribution in [0.5, 0.6) is 11.5 Å². The van der Waals surface area contributed by atoms with E-state index in [1.165, 1.54) is 0 Å². The predicted octanol–water partition coefficient (Wildman–Crippen LogP) is 7.31. The summed E-state index contributed by atoms with van der Waals surface area (Å²) in [6.07, 6.45) is 0. The number of hydrogen-bond acceptors (Lipinski definition) is 4. The lowest BCUT2D eigenvalue weighted by atomic mass is 10.1. The first kappa shape index (κ1) is 20.6. The Morgan fingerprint density at radius 1 is 0.733 bits per heavy atom. The van der Waals surface area contributed by atoms with Crippen molar-refractivity contribution in [2.75, 3.05) is 14.2 Å². The molecule has 0 aliphatic rings. The van der Waals surface area contributed by atoms with Crippen molar-refractivity contribution < 1.29 is 13.9 Å². The van der Waals surface area contributed by atoms with Gasteiger partial charge in [-0.2, -0.15) is 0 Å². The van der Waals surface area contributed by atoms with Gasteiger partial charge in [0.1, 0.15) is 11.3 Å². The van der Waals surface area contributed by atoms with E-state index in [9.17, 15) is 0 Å². The predicted molar refractivity (Wildman–Crippen MR) is 121 cm³/mol. The van der Waals surface area contributed by atoms with Gasteiger partial charge in [0.15, 0.2) is 11.5 Å². The van der Waals surface area contributed by atoms with E-state index in [-0.39, 0.29) is 0 Å². The van der Waals surface area contributed by atoms with Gasteiger partial charge in [0.2, 0.25) is 0 Å². The highest BCUT2D eigenvalue weighted by atomic mass is 35.5. The number of rotatable bonds is 4. The molecule has 0 radical (unpaired) electrons. The minimum absolute atomic E-state index is 0.504. The summed E-state index contributed by atoms with van der Waals surface area (Å²) in [5, 5.41) is 3.02. The first-order chi connectivity index (χ1) is 14.5. The van der Waals surface area contributed by atoms with E-state index in [4.69, 9.17) is 53.7 Å². The van der Waals surface area contributed by atoms with Crippen molar-refractivity contribution in [1.29, 1.82) is 0 Å². The molecular weight excluding hydrogens is 445 g/mol. The average molecular weight is 461 g/mol. The Morgan fingerprint density at radius 2 is 1.47 bits per heavy atom. The van der Waals surface area contributed by atoms with Gasteiger partial charge in [0.05, 0.1) is 25.3 Å². The zero-order valence-electron chi connectivity index (χ0n) is 16.1. The van der Waals surface area contributed by atoms with E-state index in [0.29, 0.717) is 49.0 Å². The Bertz CT molecular complexity index is 1290. The maximum absolute atomic E-state index is 6.22. The van der Waals surface area contributed by atoms with Crippen molar-refractivity contribution in [2.45, 2.75) is 0 Å². The van der Waals surface area contributed by atoms with Crippen LogP contribution in [0, 0.1) is 0 Å². The number of halogens is 3. The van der Waals surface area contributed by atoms with Crippen LogP contribution < -0.4 is 14.8 Å². The molecule has 0 saturated heterocycles. The van der Waals surface area contributed by atoms with Gasteiger partial charge >= 0.3 is 0 Å². The Hall–Kier alpha value is -2.66. The third kappa shape index (κ3) is 4.26. The molecule has 1 aromatic heterocycles. The van der Waals surface area contributed by atoms with Crippen LogP contribution in [0.2, 0.25) is 15.1 Å². The third-order valence-electron chi connectivity index (χ3n) is 4.47. The summed E-state index contributed by atoms with van der Waals surface area (Å²) < 4.78 is 16.9. The summed E-state index contributed by atoms with van der Waals surface area (Å²) in [6.45, 7) is 0. The van der Waals surface area contributed by atoms with Gasteiger partial charge in [-0.05, 0) is 54.6 Å². The van der Waals surface area contributed by atoms with Gasteiger partial charge in [-0.25, -0.2) is 4.99 Å². The van der Waals surface area contributed by atoms with Crippen LogP contribution in [0.3, 0.4) is 0 Å². The van der Waals surface area contributed by atoms with Gasteiger partial charge in [-0.3, -0.25) is 0 Å². The third-order valence-corrected chi connectivity index (χ3v) is 5.14. The van der Waals surface area contributed by atoms with Crippen LogP contribution in [0.15, 0.2) is 70.1 Å². The van der Waals surface area contributed by atoms with Crippen molar-refractivity contribution in [3.63, 3.8) is 0 Å². The molecule has 4 rings (SSSR count). The second-order valence-electron chi connectivity index (χ2n) is 6.45. The fourth-order valence-corrected chi connectivity index (χ4v) is 3.80. The van der Waals surface area contributed by atoms with Crippen LogP contribution in [0.1, 0.15) is 0 Å². The Balaban J connectivity index is 1.98. The summed E-state index contributed by atoms with van der Waals surface area (Å²) in [5.41, 5.74) is 2.07. The summed E-state index contributed by atoms with van der Waals surface area (Å²) in [4.78, 5) is 4.75. The number of ether oxygens (including phenoxy) is 2. The first-order valence-electron chi connectivity index (χ1n) is 8.93. The monoisotopic (exact) mass is 459 g/mol. The standard InChI is InChI=1S/C23H16Cl3NO3/c1-28-21-5-3-13(7-23(21)29-2)22-12-19(18-11-14(24)4-6-20(18)30-22)27-17-9-15(25)8-16(26)10-17/h3-12H,1-2H3. The van der Waals surface area contributed by atoms with Crippen molar-refractivity contribution in [3.05, 3.63) is 81.1 Å². The molecule has 152 valence electrons. The number of hydrogen-bond donors (Lipinski definition) is 0. The number of benzene rings is 3. The molecule has 7 heteroatoms. The number of fused-ring (bicyclic) bond motifs is 1. The fraction of sp³-hybridized carbons (Fsp3) is 0.0870. The van der Waals surface area contributed by atoms with Gasteiger partial charge in [0, 0.05) is 32.1 Å². The molecule has 0 atom stereocenters. The smallest absolute Gasteiger partial charge is 0.161 e. The summed E-state index contributed by atoms with van der Waals surface area (Å²) in [7, 11) is 3.18. The Morgan fingerprint density at radius 3 is 2.17 bits per heavy atom. The van der Waals surface area contributed by atoms with E-state index < -0.39 is 0 Å². The summed E-state index contributed by atoms with van der Waals surface area (Å²) in [5.74, 6) is 1.84. The van der Waals surface area contributed by atoms with Crippen LogP contribution in [-0.4, -0.2) is 14.2 Å². The fourth-order valence-electron chi connectivity index (χ4n) is 3.11. The van der Waals surface area contributed by atoms with E-state index in [0.717, 1.165) is 10.9 Å². The highest BCUT2D eigenvalue weighted by Gasteiger charge is 2.11. The SMILES string of the molecule is COc1ccc(-c2cc(=Nc3cc(Cl)cc(Cl)c3)c3cc(Cl)ccc3o2)cc1OC. The van der Waals surface area contributed by atoms with E-state index in [1.54, 1.807) is 38.5 Å². The zero-order valence-corrected chi connectivity index (χ0v) is 18.3. The van der Waals surface area contributed by atoms with Crippen molar-refractivity contribution in [1.82, 2.24) is 0 Å². The van der Waals surface area contributed by atoms with Crippen LogP contribution >= 0.6 is 34.8 Å². The summed E-state index contributed by atoms with van der Waals surface area (Å²) in [6, 6.07) is 17.9. The van der Waals surface area contributed by atoms with Gasteiger partial charge in [-0.1, -0.05) is 34.8 Å². The average Bonchev–Trinajstić information content (AvgIpc) is 2.72. The Kier molecular flexibility index (Phi) is 5.91. The Labute approximate surface area is 188 Å². The highest BCUT2D eigenvalue weighted by Crippen LogP contribution is 2.33.